The number of aliphatic hydroxyl groups excluding tert-OH is 2. The normalized spacial score (nSPS) is 55.5. The molecule has 4 heteroatoms. The lowest BCUT2D eigenvalue weighted by Gasteiger charge is -2.67. The van der Waals surface area contributed by atoms with E-state index in [1.807, 2.05) is 0 Å². The minimum Gasteiger partial charge on any atom is -0.393 e. The third-order valence-electron chi connectivity index (χ3n) is 6.65. The molecule has 4 fully saturated rings. The molecule has 4 aliphatic rings. The van der Waals surface area contributed by atoms with Crippen LogP contribution in [0.25, 0.3) is 0 Å². The van der Waals surface area contributed by atoms with Crippen molar-refractivity contribution in [2.45, 2.75) is 56.8 Å². The highest BCUT2D eigenvalue weighted by molar-refractivity contribution is 5.88. The molecule has 2 heterocycles. The Morgan fingerprint density at radius 1 is 1.25 bits per heavy atom. The molecule has 0 amide bonds. The number of aliphatic hydroxyl groups is 2. The first-order valence-electron chi connectivity index (χ1n) is 8.20. The van der Waals surface area contributed by atoms with E-state index in [1.165, 1.54) is 0 Å². The molecule has 0 aromatic carbocycles. The number of nitrogens with zero attached hydrogens (tertiary/aromatic N) is 1. The highest BCUT2D eigenvalue weighted by Gasteiger charge is 2.67. The Hall–Kier alpha value is -0.450. The number of carbonyl (C=O) groups excluding carboxylic acids is 1. The molecule has 112 valence electrons. The monoisotopic (exact) mass is 279 g/mol. The lowest BCUT2D eigenvalue weighted by molar-refractivity contribution is -0.216. The average molecular weight is 279 g/mol. The highest BCUT2D eigenvalue weighted by atomic mass is 16.3. The van der Waals surface area contributed by atoms with E-state index < -0.39 is 6.10 Å². The van der Waals surface area contributed by atoms with Gasteiger partial charge in [0.15, 0.2) is 5.78 Å². The molecule has 2 bridgehead atoms. The van der Waals surface area contributed by atoms with Gasteiger partial charge in [-0.3, -0.25) is 9.69 Å². The Kier molecular flexibility index (Phi) is 2.83. The zero-order valence-corrected chi connectivity index (χ0v) is 12.2. The van der Waals surface area contributed by atoms with Gasteiger partial charge in [-0.15, -0.1) is 0 Å². The van der Waals surface area contributed by atoms with Crippen LogP contribution in [0.2, 0.25) is 0 Å². The summed E-state index contributed by atoms with van der Waals surface area (Å²) >= 11 is 0. The van der Waals surface area contributed by atoms with Crippen LogP contribution < -0.4 is 0 Å². The molecule has 7 unspecified atom stereocenters. The fraction of sp³-hybridized carbons (Fsp3) is 0.938. The Balaban J connectivity index is 1.87. The van der Waals surface area contributed by atoms with Crippen LogP contribution in [0.5, 0.6) is 0 Å². The Bertz CT molecular complexity index is 439. The van der Waals surface area contributed by atoms with Crippen molar-refractivity contribution in [2.75, 3.05) is 13.1 Å². The molecular weight excluding hydrogens is 254 g/mol. The van der Waals surface area contributed by atoms with E-state index in [2.05, 4.69) is 11.8 Å². The lowest BCUT2D eigenvalue weighted by atomic mass is 9.47. The number of Topliss-reactive ketones (excluding diaryl/α,β-unsaturated/α-hetero) is 1. The molecule has 0 aromatic rings. The van der Waals surface area contributed by atoms with E-state index in [0.29, 0.717) is 5.92 Å². The quantitative estimate of drug-likeness (QED) is 0.689. The molecule has 7 atom stereocenters. The van der Waals surface area contributed by atoms with E-state index in [0.717, 1.165) is 45.2 Å². The fourth-order valence-electron chi connectivity index (χ4n) is 6.18. The average Bonchev–Trinajstić information content (AvgIpc) is 2.42. The van der Waals surface area contributed by atoms with Crippen LogP contribution >= 0.6 is 0 Å². The van der Waals surface area contributed by atoms with Crippen molar-refractivity contribution in [3.05, 3.63) is 0 Å². The first kappa shape index (κ1) is 13.2. The molecule has 4 rings (SSSR count). The summed E-state index contributed by atoms with van der Waals surface area (Å²) in [6.07, 6.45) is 3.47. The van der Waals surface area contributed by atoms with Crippen LogP contribution in [0.1, 0.15) is 39.0 Å². The van der Waals surface area contributed by atoms with Crippen molar-refractivity contribution >= 4 is 5.78 Å². The maximum atomic E-state index is 12.7. The number of hydrogen-bond donors (Lipinski definition) is 2. The summed E-state index contributed by atoms with van der Waals surface area (Å²) in [5, 5.41) is 21.1. The topological polar surface area (TPSA) is 60.8 Å². The third kappa shape index (κ3) is 1.45. The summed E-state index contributed by atoms with van der Waals surface area (Å²) in [6.45, 7) is 4.21. The number of carbonyl (C=O) groups is 1. The summed E-state index contributed by atoms with van der Waals surface area (Å²) in [7, 11) is 0. The van der Waals surface area contributed by atoms with E-state index in [1.54, 1.807) is 0 Å². The number of hydrogen-bond acceptors (Lipinski definition) is 4. The van der Waals surface area contributed by atoms with Gasteiger partial charge in [0.2, 0.25) is 0 Å². The molecule has 2 N–H and O–H groups in total. The number of piperidine rings is 2. The van der Waals surface area contributed by atoms with Crippen LogP contribution in [0.4, 0.5) is 0 Å². The van der Waals surface area contributed by atoms with Gasteiger partial charge in [-0.2, -0.15) is 0 Å². The summed E-state index contributed by atoms with van der Waals surface area (Å²) in [4.78, 5) is 15.2. The molecule has 1 spiro atoms. The molecule has 4 nitrogen and oxygen atoms in total. The van der Waals surface area contributed by atoms with Gasteiger partial charge in [0.1, 0.15) is 6.10 Å². The fourth-order valence-corrected chi connectivity index (χ4v) is 6.18. The predicted molar refractivity (Wildman–Crippen MR) is 74.0 cm³/mol. The highest BCUT2D eigenvalue weighted by Crippen LogP contribution is 2.59. The van der Waals surface area contributed by atoms with Crippen molar-refractivity contribution in [1.29, 1.82) is 0 Å². The van der Waals surface area contributed by atoms with Gasteiger partial charge in [0.05, 0.1) is 6.10 Å². The van der Waals surface area contributed by atoms with Crippen LogP contribution in [-0.4, -0.2) is 51.7 Å². The summed E-state index contributed by atoms with van der Waals surface area (Å²) in [6, 6.07) is 0. The second kappa shape index (κ2) is 4.28. The van der Waals surface area contributed by atoms with E-state index in [4.69, 9.17) is 0 Å². The van der Waals surface area contributed by atoms with Crippen molar-refractivity contribution in [3.8, 4) is 0 Å². The van der Waals surface area contributed by atoms with Crippen molar-refractivity contribution in [2.24, 2.45) is 23.7 Å². The van der Waals surface area contributed by atoms with Gasteiger partial charge in [-0.25, -0.2) is 0 Å². The van der Waals surface area contributed by atoms with Crippen LogP contribution in [-0.2, 0) is 4.79 Å². The van der Waals surface area contributed by atoms with Crippen molar-refractivity contribution < 1.29 is 15.0 Å². The molecule has 0 radical (unpaired) electrons. The maximum absolute atomic E-state index is 12.7. The SMILES string of the molecule is CC1CC2C(O)C(=O)C3CCCN4CCC(O)C2C34C1. The predicted octanol–water partition coefficient (Wildman–Crippen LogP) is 0.808. The molecule has 2 saturated heterocycles. The maximum Gasteiger partial charge on any atom is 0.166 e. The zero-order chi connectivity index (χ0) is 14.1. The van der Waals surface area contributed by atoms with Gasteiger partial charge in [0.25, 0.3) is 0 Å². The summed E-state index contributed by atoms with van der Waals surface area (Å²) < 4.78 is 0. The van der Waals surface area contributed by atoms with Gasteiger partial charge in [-0.05, 0) is 50.5 Å². The van der Waals surface area contributed by atoms with Crippen LogP contribution in [0.3, 0.4) is 0 Å². The van der Waals surface area contributed by atoms with Gasteiger partial charge >= 0.3 is 0 Å². The van der Waals surface area contributed by atoms with E-state index >= 15 is 0 Å². The molecule has 2 saturated carbocycles. The smallest absolute Gasteiger partial charge is 0.166 e. The zero-order valence-electron chi connectivity index (χ0n) is 12.2. The van der Waals surface area contributed by atoms with E-state index in [-0.39, 0.29) is 35.2 Å². The Morgan fingerprint density at radius 2 is 2.05 bits per heavy atom. The minimum atomic E-state index is -0.839. The van der Waals surface area contributed by atoms with Crippen molar-refractivity contribution in [3.63, 3.8) is 0 Å². The second-order valence-corrected chi connectivity index (χ2v) is 7.61. The van der Waals surface area contributed by atoms with E-state index in [9.17, 15) is 15.0 Å². The van der Waals surface area contributed by atoms with Gasteiger partial charge < -0.3 is 10.2 Å². The van der Waals surface area contributed by atoms with Crippen molar-refractivity contribution in [1.82, 2.24) is 4.90 Å². The Morgan fingerprint density at radius 3 is 2.85 bits per heavy atom. The Labute approximate surface area is 120 Å². The first-order valence-corrected chi connectivity index (χ1v) is 8.20. The lowest BCUT2D eigenvalue weighted by Crippen LogP contribution is -2.76. The number of ketones is 1. The molecule has 2 aliphatic heterocycles. The third-order valence-corrected chi connectivity index (χ3v) is 6.65. The van der Waals surface area contributed by atoms with Crippen LogP contribution in [0, 0.1) is 23.7 Å². The van der Waals surface area contributed by atoms with Gasteiger partial charge in [-0.1, -0.05) is 6.92 Å². The number of rotatable bonds is 0. The molecule has 20 heavy (non-hydrogen) atoms. The minimum absolute atomic E-state index is 0.0293. The largest absolute Gasteiger partial charge is 0.393 e. The van der Waals surface area contributed by atoms with Gasteiger partial charge in [0, 0.05) is 23.9 Å². The first-order chi connectivity index (χ1) is 9.55. The summed E-state index contributed by atoms with van der Waals surface area (Å²) in [5.41, 5.74) is -0.144. The van der Waals surface area contributed by atoms with Crippen LogP contribution in [0.15, 0.2) is 0 Å². The molecular formula is C16H25NO3. The summed E-state index contributed by atoms with van der Waals surface area (Å²) in [5.74, 6) is 0.624. The molecule has 0 aromatic heterocycles. The standard InChI is InChI=1S/C16H25NO3/c1-9-7-10-13-12(18)4-6-17-5-2-3-11(15(20)14(10)19)16(13,17)8-9/h9-14,18-19H,2-8H2,1H3. The second-order valence-electron chi connectivity index (χ2n) is 7.61. The molecule has 2 aliphatic carbocycles.